The molecule has 0 unspecified atom stereocenters. The zero-order valence-corrected chi connectivity index (χ0v) is 11.2. The first kappa shape index (κ1) is 13.5. The first-order valence-corrected chi connectivity index (χ1v) is 5.70. The lowest BCUT2D eigenvalue weighted by molar-refractivity contribution is 0.0600. The molecule has 2 aromatic rings. The summed E-state index contributed by atoms with van der Waals surface area (Å²) in [6.45, 7) is 0. The number of benzene rings is 1. The van der Waals surface area contributed by atoms with Crippen molar-refractivity contribution in [1.29, 1.82) is 5.26 Å². The molecule has 20 heavy (non-hydrogen) atoms. The number of hydrogen-bond donors (Lipinski definition) is 0. The SMILES string of the molecule is COC(=O)c1cc(C#N)cc(-c2nc(N(C)C)no2)c1. The van der Waals surface area contributed by atoms with E-state index in [4.69, 9.17) is 9.78 Å². The Kier molecular flexibility index (Phi) is 3.66. The van der Waals surface area contributed by atoms with Crippen LogP contribution in [0.5, 0.6) is 0 Å². The maximum Gasteiger partial charge on any atom is 0.337 e. The minimum Gasteiger partial charge on any atom is -0.465 e. The van der Waals surface area contributed by atoms with E-state index in [1.807, 2.05) is 6.07 Å². The molecule has 0 amide bonds. The summed E-state index contributed by atoms with van der Waals surface area (Å²) in [7, 11) is 4.83. The third-order valence-corrected chi connectivity index (χ3v) is 2.55. The highest BCUT2D eigenvalue weighted by Gasteiger charge is 2.15. The van der Waals surface area contributed by atoms with Crippen LogP contribution in [0.2, 0.25) is 0 Å². The maximum atomic E-state index is 11.6. The highest BCUT2D eigenvalue weighted by molar-refractivity contribution is 5.91. The third-order valence-electron chi connectivity index (χ3n) is 2.55. The van der Waals surface area contributed by atoms with Crippen LogP contribution in [-0.4, -0.2) is 37.3 Å². The number of anilines is 1. The number of carbonyl (C=O) groups excluding carboxylic acids is 1. The van der Waals surface area contributed by atoms with Crippen LogP contribution in [0.3, 0.4) is 0 Å². The Hall–Kier alpha value is -2.88. The van der Waals surface area contributed by atoms with E-state index >= 15 is 0 Å². The predicted molar refractivity (Wildman–Crippen MR) is 70.1 cm³/mol. The van der Waals surface area contributed by atoms with Crippen LogP contribution in [0.25, 0.3) is 11.5 Å². The molecule has 0 N–H and O–H groups in total. The van der Waals surface area contributed by atoms with Crippen LogP contribution in [-0.2, 0) is 4.74 Å². The Morgan fingerprint density at radius 1 is 1.40 bits per heavy atom. The molecule has 0 saturated carbocycles. The average Bonchev–Trinajstić information content (AvgIpc) is 2.96. The summed E-state index contributed by atoms with van der Waals surface area (Å²) >= 11 is 0. The Morgan fingerprint density at radius 2 is 2.15 bits per heavy atom. The molecular formula is C13H12N4O3. The smallest absolute Gasteiger partial charge is 0.337 e. The third kappa shape index (κ3) is 2.59. The largest absolute Gasteiger partial charge is 0.465 e. The summed E-state index contributed by atoms with van der Waals surface area (Å²) in [5.41, 5.74) is 1.06. The van der Waals surface area contributed by atoms with Crippen molar-refractivity contribution in [2.24, 2.45) is 0 Å². The molecule has 0 saturated heterocycles. The van der Waals surface area contributed by atoms with Gasteiger partial charge < -0.3 is 14.2 Å². The lowest BCUT2D eigenvalue weighted by atomic mass is 10.1. The number of ether oxygens (including phenoxy) is 1. The Bertz CT molecular complexity index is 685. The zero-order chi connectivity index (χ0) is 14.7. The van der Waals surface area contributed by atoms with Gasteiger partial charge in [-0.1, -0.05) is 0 Å². The van der Waals surface area contributed by atoms with Crippen LogP contribution in [0, 0.1) is 11.3 Å². The molecule has 0 aliphatic rings. The van der Waals surface area contributed by atoms with Crippen LogP contribution in [0.1, 0.15) is 15.9 Å². The lowest BCUT2D eigenvalue weighted by Crippen LogP contribution is -2.10. The fourth-order valence-corrected chi connectivity index (χ4v) is 1.57. The summed E-state index contributed by atoms with van der Waals surface area (Å²) in [6, 6.07) is 6.53. The molecule has 0 radical (unpaired) electrons. The zero-order valence-electron chi connectivity index (χ0n) is 11.2. The van der Waals surface area contributed by atoms with Crippen molar-refractivity contribution >= 4 is 11.9 Å². The summed E-state index contributed by atoms with van der Waals surface area (Å²) < 4.78 is 9.76. The van der Waals surface area contributed by atoms with Gasteiger partial charge in [-0.15, -0.1) is 0 Å². The molecule has 1 aromatic heterocycles. The van der Waals surface area contributed by atoms with Crippen molar-refractivity contribution in [1.82, 2.24) is 10.1 Å². The van der Waals surface area contributed by atoms with Crippen LogP contribution >= 0.6 is 0 Å². The van der Waals surface area contributed by atoms with E-state index in [1.54, 1.807) is 31.1 Å². The minimum atomic E-state index is -0.532. The summed E-state index contributed by atoms with van der Waals surface area (Å²) in [4.78, 5) is 17.4. The number of hydrogen-bond acceptors (Lipinski definition) is 7. The molecule has 0 aliphatic heterocycles. The van der Waals surface area contributed by atoms with Crippen molar-refractivity contribution < 1.29 is 14.1 Å². The highest BCUT2D eigenvalue weighted by atomic mass is 16.5. The molecule has 1 heterocycles. The van der Waals surface area contributed by atoms with Gasteiger partial charge in [-0.25, -0.2) is 4.79 Å². The number of aromatic nitrogens is 2. The summed E-state index contributed by atoms with van der Waals surface area (Å²) in [5, 5.41) is 12.8. The number of carbonyl (C=O) groups is 1. The fraction of sp³-hybridized carbons (Fsp3) is 0.231. The number of methoxy groups -OCH3 is 1. The van der Waals surface area contributed by atoms with Crippen LogP contribution in [0.15, 0.2) is 22.7 Å². The summed E-state index contributed by atoms with van der Waals surface area (Å²) in [6.07, 6.45) is 0. The van der Waals surface area contributed by atoms with Gasteiger partial charge in [0.25, 0.3) is 11.8 Å². The molecule has 102 valence electrons. The maximum absolute atomic E-state index is 11.6. The van der Waals surface area contributed by atoms with E-state index < -0.39 is 5.97 Å². The monoisotopic (exact) mass is 272 g/mol. The quantitative estimate of drug-likeness (QED) is 0.781. The van der Waals surface area contributed by atoms with Gasteiger partial charge in [0.15, 0.2) is 0 Å². The van der Waals surface area contributed by atoms with Crippen LogP contribution < -0.4 is 4.90 Å². The molecular weight excluding hydrogens is 260 g/mol. The molecule has 7 nitrogen and oxygen atoms in total. The van der Waals surface area contributed by atoms with Gasteiger partial charge in [0.1, 0.15) is 0 Å². The molecule has 0 bridgehead atoms. The van der Waals surface area contributed by atoms with Gasteiger partial charge in [0.05, 0.1) is 24.3 Å². The van der Waals surface area contributed by atoms with Crippen LogP contribution in [0.4, 0.5) is 5.95 Å². The molecule has 0 atom stereocenters. The number of rotatable bonds is 3. The molecule has 7 heteroatoms. The van der Waals surface area contributed by atoms with E-state index in [2.05, 4.69) is 14.9 Å². The molecule has 2 rings (SSSR count). The van der Waals surface area contributed by atoms with Gasteiger partial charge >= 0.3 is 5.97 Å². The van der Waals surface area contributed by atoms with Gasteiger partial charge in [-0.2, -0.15) is 10.2 Å². The first-order chi connectivity index (χ1) is 9.55. The molecule has 0 fully saturated rings. The minimum absolute atomic E-state index is 0.232. The Balaban J connectivity index is 2.50. The summed E-state index contributed by atoms with van der Waals surface area (Å²) in [5.74, 6) is 0.105. The van der Waals surface area contributed by atoms with Crippen molar-refractivity contribution in [2.75, 3.05) is 26.1 Å². The van der Waals surface area contributed by atoms with Crippen molar-refractivity contribution in [3.63, 3.8) is 0 Å². The van der Waals surface area contributed by atoms with Gasteiger partial charge in [-0.3, -0.25) is 0 Å². The molecule has 0 spiro atoms. The van der Waals surface area contributed by atoms with Crippen molar-refractivity contribution in [2.45, 2.75) is 0 Å². The Morgan fingerprint density at radius 3 is 2.70 bits per heavy atom. The normalized spacial score (nSPS) is 9.90. The van der Waals surface area contributed by atoms with E-state index in [1.165, 1.54) is 13.2 Å². The standard InChI is InChI=1S/C13H12N4O3/c1-17(2)13-15-11(20-16-13)9-4-8(7-14)5-10(6-9)12(18)19-3/h4-6H,1-3H3. The predicted octanol–water partition coefficient (Wildman–Crippen LogP) is 1.46. The van der Waals surface area contributed by atoms with Gasteiger partial charge in [0, 0.05) is 19.7 Å². The van der Waals surface area contributed by atoms with E-state index in [0.29, 0.717) is 17.1 Å². The topological polar surface area (TPSA) is 92.2 Å². The number of nitriles is 1. The van der Waals surface area contributed by atoms with Crippen molar-refractivity contribution in [3.8, 4) is 17.5 Å². The fourth-order valence-electron chi connectivity index (χ4n) is 1.57. The average molecular weight is 272 g/mol. The second-order valence-corrected chi connectivity index (χ2v) is 4.20. The van der Waals surface area contributed by atoms with Gasteiger partial charge in [0.2, 0.25) is 0 Å². The second-order valence-electron chi connectivity index (χ2n) is 4.20. The lowest BCUT2D eigenvalue weighted by Gasteiger charge is -2.03. The van der Waals surface area contributed by atoms with E-state index in [0.717, 1.165) is 0 Å². The number of nitrogens with zero attached hydrogens (tertiary/aromatic N) is 4. The van der Waals surface area contributed by atoms with E-state index in [-0.39, 0.29) is 11.5 Å². The Labute approximate surface area is 115 Å². The second kappa shape index (κ2) is 5.40. The molecule has 1 aromatic carbocycles. The first-order valence-electron chi connectivity index (χ1n) is 5.70. The highest BCUT2D eigenvalue weighted by Crippen LogP contribution is 2.22. The molecule has 0 aliphatic carbocycles. The number of esters is 1. The van der Waals surface area contributed by atoms with E-state index in [9.17, 15) is 4.79 Å². The van der Waals surface area contributed by atoms with Gasteiger partial charge in [-0.05, 0) is 23.4 Å². The van der Waals surface area contributed by atoms with Crippen molar-refractivity contribution in [3.05, 3.63) is 29.3 Å².